The number of hydrogen-bond acceptors (Lipinski definition) is 1. The molecular formula is C22H22BrN2O+. The minimum atomic E-state index is 0.417. The molecule has 0 radical (unpaired) electrons. The van der Waals surface area contributed by atoms with E-state index in [-0.39, 0.29) is 0 Å². The number of rotatable bonds is 3. The summed E-state index contributed by atoms with van der Waals surface area (Å²) in [5.41, 5.74) is 5.64. The molecule has 1 unspecified atom stereocenters. The van der Waals surface area contributed by atoms with Crippen LogP contribution in [0.4, 0.5) is 0 Å². The van der Waals surface area contributed by atoms with Gasteiger partial charge < -0.3 is 4.74 Å². The number of benzene rings is 2. The Bertz CT molecular complexity index is 992. The van der Waals surface area contributed by atoms with Crippen molar-refractivity contribution in [2.75, 3.05) is 6.61 Å². The van der Waals surface area contributed by atoms with Crippen LogP contribution in [0.25, 0.3) is 0 Å². The van der Waals surface area contributed by atoms with Crippen LogP contribution in [0, 0.1) is 6.92 Å². The van der Waals surface area contributed by atoms with Gasteiger partial charge in [-0.3, -0.25) is 0 Å². The van der Waals surface area contributed by atoms with E-state index in [0.29, 0.717) is 6.04 Å². The number of ether oxygens (including phenoxy) is 1. The van der Waals surface area contributed by atoms with E-state index in [0.717, 1.165) is 31.7 Å². The van der Waals surface area contributed by atoms with Crippen molar-refractivity contribution in [3.8, 4) is 5.75 Å². The second kappa shape index (κ2) is 6.27. The molecule has 26 heavy (non-hydrogen) atoms. The molecule has 0 amide bonds. The maximum Gasteiger partial charge on any atom is 0.254 e. The van der Waals surface area contributed by atoms with Crippen molar-refractivity contribution >= 4 is 15.9 Å². The van der Waals surface area contributed by atoms with Gasteiger partial charge in [0.1, 0.15) is 30.7 Å². The minimum Gasteiger partial charge on any atom is -0.493 e. The van der Waals surface area contributed by atoms with Crippen molar-refractivity contribution in [3.63, 3.8) is 0 Å². The predicted octanol–water partition coefficient (Wildman–Crippen LogP) is 4.37. The molecule has 1 aliphatic heterocycles. The van der Waals surface area contributed by atoms with E-state index in [1.807, 2.05) is 0 Å². The molecule has 5 rings (SSSR count). The van der Waals surface area contributed by atoms with Crippen LogP contribution in [0.3, 0.4) is 0 Å². The highest BCUT2D eigenvalue weighted by Gasteiger charge is 2.32. The number of imidazole rings is 1. The van der Waals surface area contributed by atoms with Crippen LogP contribution in [0.2, 0.25) is 0 Å². The summed E-state index contributed by atoms with van der Waals surface area (Å²) < 4.78 is 11.8. The SMILES string of the molecule is Cc1n(C2CCc3cc4c(cc32)OCC4)cc[n+]1Cc1ccccc1Br. The molecule has 2 aromatic carbocycles. The second-order valence-corrected chi connectivity index (χ2v) is 8.14. The van der Waals surface area contributed by atoms with Crippen LogP contribution in [0.1, 0.15) is 40.5 Å². The summed E-state index contributed by atoms with van der Waals surface area (Å²) in [5.74, 6) is 2.39. The van der Waals surface area contributed by atoms with E-state index in [4.69, 9.17) is 4.74 Å². The summed E-state index contributed by atoms with van der Waals surface area (Å²) in [7, 11) is 0. The average molecular weight is 410 g/mol. The van der Waals surface area contributed by atoms with Crippen molar-refractivity contribution in [2.45, 2.75) is 38.8 Å². The fraction of sp³-hybridized carbons (Fsp3) is 0.318. The minimum absolute atomic E-state index is 0.417. The van der Waals surface area contributed by atoms with Gasteiger partial charge in [-0.2, -0.15) is 0 Å². The molecule has 132 valence electrons. The predicted molar refractivity (Wildman–Crippen MR) is 105 cm³/mol. The monoisotopic (exact) mass is 409 g/mol. The van der Waals surface area contributed by atoms with Crippen molar-refractivity contribution < 1.29 is 9.30 Å². The molecule has 2 heterocycles. The third-order valence-corrected chi connectivity index (χ3v) is 6.60. The van der Waals surface area contributed by atoms with Crippen LogP contribution in [0.5, 0.6) is 5.75 Å². The first-order valence-corrected chi connectivity index (χ1v) is 10.1. The van der Waals surface area contributed by atoms with E-state index in [2.05, 4.69) is 80.8 Å². The Hall–Kier alpha value is -2.07. The Balaban J connectivity index is 1.48. The standard InChI is InChI=1S/C22H22BrN2O/c1-15-24(14-18-4-2-3-5-20(18)23)9-10-25(15)21-7-6-16-12-17-8-11-26-22(17)13-19(16)21/h2-5,9-10,12-13,21H,6-8,11,14H2,1H3/q+1. The molecule has 0 bridgehead atoms. The smallest absolute Gasteiger partial charge is 0.254 e. The summed E-state index contributed by atoms with van der Waals surface area (Å²) in [6.07, 6.45) is 7.83. The topological polar surface area (TPSA) is 18.0 Å². The zero-order valence-electron chi connectivity index (χ0n) is 14.9. The van der Waals surface area contributed by atoms with Crippen molar-refractivity contribution in [2.24, 2.45) is 0 Å². The third kappa shape index (κ3) is 2.59. The van der Waals surface area contributed by atoms with Crippen molar-refractivity contribution in [3.05, 3.63) is 81.3 Å². The lowest BCUT2D eigenvalue weighted by atomic mass is 10.0. The number of halogens is 1. The molecule has 0 saturated heterocycles. The van der Waals surface area contributed by atoms with Crippen LogP contribution in [0.15, 0.2) is 53.3 Å². The Labute approximate surface area is 162 Å². The maximum atomic E-state index is 5.82. The molecule has 1 aromatic heterocycles. The first-order chi connectivity index (χ1) is 12.7. The third-order valence-electron chi connectivity index (χ3n) is 5.83. The zero-order valence-corrected chi connectivity index (χ0v) is 16.5. The molecule has 0 fully saturated rings. The number of nitrogens with zero attached hydrogens (tertiary/aromatic N) is 2. The largest absolute Gasteiger partial charge is 0.493 e. The van der Waals surface area contributed by atoms with Gasteiger partial charge in [-0.05, 0) is 36.1 Å². The number of fused-ring (bicyclic) bond motifs is 2. The lowest BCUT2D eigenvalue weighted by Crippen LogP contribution is -2.36. The molecule has 3 aromatic rings. The summed E-state index contributed by atoms with van der Waals surface area (Å²) in [6.45, 7) is 3.93. The van der Waals surface area contributed by atoms with E-state index >= 15 is 0 Å². The fourth-order valence-corrected chi connectivity index (χ4v) is 4.79. The second-order valence-electron chi connectivity index (χ2n) is 7.28. The molecule has 4 heteroatoms. The van der Waals surface area contributed by atoms with E-state index in [9.17, 15) is 0 Å². The van der Waals surface area contributed by atoms with Crippen LogP contribution >= 0.6 is 15.9 Å². The Morgan fingerprint density at radius 3 is 2.96 bits per heavy atom. The van der Waals surface area contributed by atoms with E-state index in [1.165, 1.54) is 39.0 Å². The zero-order chi connectivity index (χ0) is 17.7. The van der Waals surface area contributed by atoms with Gasteiger partial charge in [-0.1, -0.05) is 40.2 Å². The Kier molecular flexibility index (Phi) is 3.89. The normalized spacial score (nSPS) is 17.8. The highest BCUT2D eigenvalue weighted by Crippen LogP contribution is 2.40. The maximum absolute atomic E-state index is 5.82. The summed E-state index contributed by atoms with van der Waals surface area (Å²) in [6, 6.07) is 13.5. The molecule has 1 atom stereocenters. The number of hydrogen-bond donors (Lipinski definition) is 0. The first kappa shape index (κ1) is 16.1. The molecule has 1 aliphatic carbocycles. The molecule has 2 aliphatic rings. The summed E-state index contributed by atoms with van der Waals surface area (Å²) in [4.78, 5) is 0. The van der Waals surface area contributed by atoms with Crippen molar-refractivity contribution in [1.29, 1.82) is 0 Å². The van der Waals surface area contributed by atoms with Crippen molar-refractivity contribution in [1.82, 2.24) is 4.57 Å². The summed E-state index contributed by atoms with van der Waals surface area (Å²) in [5, 5.41) is 0. The average Bonchev–Trinajstić information content (AvgIpc) is 3.34. The highest BCUT2D eigenvalue weighted by atomic mass is 79.9. The summed E-state index contributed by atoms with van der Waals surface area (Å²) >= 11 is 3.67. The number of aromatic nitrogens is 2. The van der Waals surface area contributed by atoms with Gasteiger partial charge in [0, 0.05) is 28.9 Å². The van der Waals surface area contributed by atoms with Gasteiger partial charge in [-0.15, -0.1) is 0 Å². The van der Waals surface area contributed by atoms with Crippen LogP contribution in [-0.4, -0.2) is 11.2 Å². The van der Waals surface area contributed by atoms with Gasteiger partial charge >= 0.3 is 0 Å². The van der Waals surface area contributed by atoms with Gasteiger partial charge in [0.05, 0.1) is 6.61 Å². The first-order valence-electron chi connectivity index (χ1n) is 9.29. The molecular weight excluding hydrogens is 388 g/mol. The van der Waals surface area contributed by atoms with Crippen LogP contribution in [-0.2, 0) is 19.4 Å². The molecule has 0 N–H and O–H groups in total. The molecule has 0 saturated carbocycles. The number of aryl methyl sites for hydroxylation is 1. The lowest BCUT2D eigenvalue weighted by Gasteiger charge is -2.12. The van der Waals surface area contributed by atoms with Gasteiger partial charge in [0.25, 0.3) is 5.82 Å². The van der Waals surface area contributed by atoms with Gasteiger partial charge in [-0.25, -0.2) is 9.13 Å². The Morgan fingerprint density at radius 2 is 2.08 bits per heavy atom. The van der Waals surface area contributed by atoms with Crippen LogP contribution < -0.4 is 9.30 Å². The fourth-order valence-electron chi connectivity index (χ4n) is 4.38. The Morgan fingerprint density at radius 1 is 1.19 bits per heavy atom. The van der Waals surface area contributed by atoms with Gasteiger partial charge in [0.15, 0.2) is 0 Å². The highest BCUT2D eigenvalue weighted by molar-refractivity contribution is 9.10. The molecule has 0 spiro atoms. The van der Waals surface area contributed by atoms with Gasteiger partial charge in [0.2, 0.25) is 0 Å². The lowest BCUT2D eigenvalue weighted by molar-refractivity contribution is -0.694. The quantitative estimate of drug-likeness (QED) is 0.587. The van der Waals surface area contributed by atoms with E-state index in [1.54, 1.807) is 0 Å². The molecule has 3 nitrogen and oxygen atoms in total. The van der Waals surface area contributed by atoms with E-state index < -0.39 is 0 Å².